The molecule has 1 saturated carbocycles. The molecule has 1 heterocycles. The fraction of sp³-hybridized carbons (Fsp3) is 0.615. The SMILES string of the molecule is Cc1cc(C(N)=S)nc(NCC2CCC(C)C2)n1. The second kappa shape index (κ2) is 5.61. The predicted octanol–water partition coefficient (Wildman–Crippen LogP) is 2.27. The maximum atomic E-state index is 5.60. The average molecular weight is 264 g/mol. The number of rotatable bonds is 4. The van der Waals surface area contributed by atoms with E-state index in [0.29, 0.717) is 16.6 Å². The third-order valence-corrected chi connectivity index (χ3v) is 3.67. The van der Waals surface area contributed by atoms with Gasteiger partial charge in [-0.3, -0.25) is 0 Å². The summed E-state index contributed by atoms with van der Waals surface area (Å²) in [7, 11) is 0. The molecule has 1 fully saturated rings. The monoisotopic (exact) mass is 264 g/mol. The Labute approximate surface area is 113 Å². The van der Waals surface area contributed by atoms with Crippen LogP contribution in [-0.2, 0) is 0 Å². The quantitative estimate of drug-likeness (QED) is 0.817. The molecule has 18 heavy (non-hydrogen) atoms. The highest BCUT2D eigenvalue weighted by molar-refractivity contribution is 7.80. The lowest BCUT2D eigenvalue weighted by Crippen LogP contribution is -2.17. The van der Waals surface area contributed by atoms with E-state index in [4.69, 9.17) is 18.0 Å². The third kappa shape index (κ3) is 3.38. The molecule has 0 amide bonds. The number of nitrogens with one attached hydrogen (secondary N) is 1. The van der Waals surface area contributed by atoms with Crippen molar-refractivity contribution in [2.45, 2.75) is 33.1 Å². The molecular weight excluding hydrogens is 244 g/mol. The molecule has 1 aliphatic carbocycles. The summed E-state index contributed by atoms with van der Waals surface area (Å²) in [5, 5.41) is 3.31. The summed E-state index contributed by atoms with van der Waals surface area (Å²) in [5.74, 6) is 2.22. The van der Waals surface area contributed by atoms with Gasteiger partial charge in [-0.1, -0.05) is 25.6 Å². The minimum absolute atomic E-state index is 0.318. The van der Waals surface area contributed by atoms with Crippen LogP contribution in [0.4, 0.5) is 5.95 Å². The number of hydrogen-bond donors (Lipinski definition) is 2. The molecule has 2 rings (SSSR count). The van der Waals surface area contributed by atoms with E-state index in [2.05, 4.69) is 22.2 Å². The Hall–Kier alpha value is -1.23. The third-order valence-electron chi connectivity index (χ3n) is 3.46. The minimum atomic E-state index is 0.318. The average Bonchev–Trinajstić information content (AvgIpc) is 2.72. The zero-order chi connectivity index (χ0) is 13.1. The first-order valence-electron chi connectivity index (χ1n) is 6.44. The second-order valence-electron chi connectivity index (χ2n) is 5.25. The topological polar surface area (TPSA) is 63.8 Å². The van der Waals surface area contributed by atoms with Crippen molar-refractivity contribution < 1.29 is 0 Å². The van der Waals surface area contributed by atoms with Crippen LogP contribution in [0.15, 0.2) is 6.07 Å². The smallest absolute Gasteiger partial charge is 0.223 e. The van der Waals surface area contributed by atoms with Crippen molar-refractivity contribution in [3.63, 3.8) is 0 Å². The summed E-state index contributed by atoms with van der Waals surface area (Å²) in [6.07, 6.45) is 3.92. The summed E-state index contributed by atoms with van der Waals surface area (Å²) < 4.78 is 0. The van der Waals surface area contributed by atoms with E-state index >= 15 is 0 Å². The molecule has 1 aromatic heterocycles. The van der Waals surface area contributed by atoms with E-state index in [1.54, 1.807) is 0 Å². The Kier molecular flexibility index (Phi) is 4.11. The van der Waals surface area contributed by atoms with Gasteiger partial charge >= 0.3 is 0 Å². The molecule has 0 aromatic carbocycles. The summed E-state index contributed by atoms with van der Waals surface area (Å²) in [6, 6.07) is 1.81. The van der Waals surface area contributed by atoms with Gasteiger partial charge in [0.25, 0.3) is 0 Å². The van der Waals surface area contributed by atoms with E-state index in [-0.39, 0.29) is 0 Å². The zero-order valence-corrected chi connectivity index (χ0v) is 11.8. The van der Waals surface area contributed by atoms with Crippen LogP contribution < -0.4 is 11.1 Å². The van der Waals surface area contributed by atoms with E-state index in [1.165, 1.54) is 19.3 Å². The molecule has 0 aliphatic heterocycles. The normalized spacial score (nSPS) is 23.0. The van der Waals surface area contributed by atoms with Crippen molar-refractivity contribution in [1.29, 1.82) is 0 Å². The lowest BCUT2D eigenvalue weighted by atomic mass is 10.1. The van der Waals surface area contributed by atoms with E-state index in [0.717, 1.165) is 24.1 Å². The Morgan fingerprint density at radius 2 is 2.28 bits per heavy atom. The first-order chi connectivity index (χ1) is 8.54. The minimum Gasteiger partial charge on any atom is -0.388 e. The number of aryl methyl sites for hydroxylation is 1. The largest absolute Gasteiger partial charge is 0.388 e. The molecule has 1 aliphatic rings. The molecule has 5 heteroatoms. The molecule has 0 radical (unpaired) electrons. The van der Waals surface area contributed by atoms with Crippen LogP contribution in [0, 0.1) is 18.8 Å². The molecule has 3 N–H and O–H groups in total. The van der Waals surface area contributed by atoms with E-state index in [1.807, 2.05) is 13.0 Å². The highest BCUT2D eigenvalue weighted by Gasteiger charge is 2.21. The molecule has 2 atom stereocenters. The predicted molar refractivity (Wildman–Crippen MR) is 77.7 cm³/mol. The van der Waals surface area contributed by atoms with Crippen molar-refractivity contribution >= 4 is 23.2 Å². The maximum Gasteiger partial charge on any atom is 0.223 e. The van der Waals surface area contributed by atoms with Crippen LogP contribution in [0.1, 0.15) is 37.6 Å². The number of hydrogen-bond acceptors (Lipinski definition) is 4. The summed E-state index contributed by atoms with van der Waals surface area (Å²) >= 11 is 4.95. The molecule has 2 unspecified atom stereocenters. The Morgan fingerprint density at radius 3 is 2.89 bits per heavy atom. The number of nitrogens with two attached hydrogens (primary N) is 1. The summed E-state index contributed by atoms with van der Waals surface area (Å²) in [5.41, 5.74) is 7.12. The number of nitrogens with zero attached hydrogens (tertiary/aromatic N) is 2. The van der Waals surface area contributed by atoms with Gasteiger partial charge in [0.2, 0.25) is 5.95 Å². The van der Waals surface area contributed by atoms with E-state index < -0.39 is 0 Å². The van der Waals surface area contributed by atoms with Crippen LogP contribution in [0.2, 0.25) is 0 Å². The second-order valence-corrected chi connectivity index (χ2v) is 5.69. The zero-order valence-electron chi connectivity index (χ0n) is 10.9. The van der Waals surface area contributed by atoms with Gasteiger partial charge in [-0.05, 0) is 37.7 Å². The van der Waals surface area contributed by atoms with Crippen LogP contribution in [0.3, 0.4) is 0 Å². The number of thiocarbonyl (C=S) groups is 1. The van der Waals surface area contributed by atoms with Crippen LogP contribution in [-0.4, -0.2) is 21.5 Å². The van der Waals surface area contributed by atoms with Gasteiger partial charge in [0.15, 0.2) is 0 Å². The van der Waals surface area contributed by atoms with Crippen molar-refractivity contribution in [1.82, 2.24) is 9.97 Å². The highest BCUT2D eigenvalue weighted by Crippen LogP contribution is 2.30. The molecule has 0 spiro atoms. The molecule has 4 nitrogen and oxygen atoms in total. The fourth-order valence-corrected chi connectivity index (χ4v) is 2.62. The first kappa shape index (κ1) is 13.2. The van der Waals surface area contributed by atoms with Gasteiger partial charge in [-0.15, -0.1) is 0 Å². The van der Waals surface area contributed by atoms with Crippen LogP contribution in [0.5, 0.6) is 0 Å². The standard InChI is InChI=1S/C13H20N4S/c1-8-3-4-10(5-8)7-15-13-16-9(2)6-11(17-13)12(14)18/h6,8,10H,3-5,7H2,1-2H3,(H2,14,18)(H,15,16,17). The summed E-state index contributed by atoms with van der Waals surface area (Å²) in [4.78, 5) is 9.00. The van der Waals surface area contributed by atoms with Crippen LogP contribution in [0.25, 0.3) is 0 Å². The van der Waals surface area contributed by atoms with Crippen LogP contribution >= 0.6 is 12.2 Å². The lowest BCUT2D eigenvalue weighted by Gasteiger charge is -2.12. The first-order valence-corrected chi connectivity index (χ1v) is 6.84. The van der Waals surface area contributed by atoms with Gasteiger partial charge in [0.1, 0.15) is 10.7 Å². The van der Waals surface area contributed by atoms with Gasteiger partial charge < -0.3 is 11.1 Å². The van der Waals surface area contributed by atoms with Gasteiger partial charge in [-0.25, -0.2) is 9.97 Å². The molecular formula is C13H20N4S. The van der Waals surface area contributed by atoms with Gasteiger partial charge in [0, 0.05) is 12.2 Å². The van der Waals surface area contributed by atoms with Crippen molar-refractivity contribution in [3.8, 4) is 0 Å². The van der Waals surface area contributed by atoms with Gasteiger partial charge in [0.05, 0.1) is 0 Å². The molecule has 0 saturated heterocycles. The number of anilines is 1. The van der Waals surface area contributed by atoms with Crippen molar-refractivity contribution in [2.75, 3.05) is 11.9 Å². The van der Waals surface area contributed by atoms with Crippen molar-refractivity contribution in [3.05, 3.63) is 17.5 Å². The summed E-state index contributed by atoms with van der Waals surface area (Å²) in [6.45, 7) is 5.17. The van der Waals surface area contributed by atoms with Crippen molar-refractivity contribution in [2.24, 2.45) is 17.6 Å². The molecule has 0 bridgehead atoms. The number of aromatic nitrogens is 2. The van der Waals surface area contributed by atoms with E-state index in [9.17, 15) is 0 Å². The fourth-order valence-electron chi connectivity index (χ4n) is 2.52. The maximum absolute atomic E-state index is 5.60. The highest BCUT2D eigenvalue weighted by atomic mass is 32.1. The Morgan fingerprint density at radius 1 is 1.50 bits per heavy atom. The Bertz CT molecular complexity index is 447. The Balaban J connectivity index is 1.98. The van der Waals surface area contributed by atoms with Gasteiger partial charge in [-0.2, -0.15) is 0 Å². The molecule has 1 aromatic rings. The molecule has 98 valence electrons. The lowest BCUT2D eigenvalue weighted by molar-refractivity contribution is 0.536.